The minimum Gasteiger partial charge on any atom is -0.398 e. The summed E-state index contributed by atoms with van der Waals surface area (Å²) >= 11 is 0. The van der Waals surface area contributed by atoms with Crippen LogP contribution in [0, 0.1) is 0 Å². The highest BCUT2D eigenvalue weighted by Gasteiger charge is 2.20. The second kappa shape index (κ2) is 4.97. The van der Waals surface area contributed by atoms with Crippen molar-refractivity contribution >= 4 is 21.5 Å². The van der Waals surface area contributed by atoms with Gasteiger partial charge in [-0.05, 0) is 25.0 Å². The molecule has 1 aromatic carbocycles. The standard InChI is InChI=1S/C12H17N3O2S/c1-15-9-5-4-8-12(15)14-18(16,17)11-7-3-2-6-10(11)13/h2-3,6-7H,4-5,8-9,13H2,1H3/b14-12+. The highest BCUT2D eigenvalue weighted by atomic mass is 32.2. The lowest BCUT2D eigenvalue weighted by molar-refractivity contribution is 0.434. The Hall–Kier alpha value is -1.56. The predicted octanol–water partition coefficient (Wildman–Crippen LogP) is 1.47. The van der Waals surface area contributed by atoms with Gasteiger partial charge in [0.2, 0.25) is 0 Å². The number of likely N-dealkylation sites (tertiary alicyclic amines) is 1. The summed E-state index contributed by atoms with van der Waals surface area (Å²) in [6.45, 7) is 0.846. The van der Waals surface area contributed by atoms with Crippen LogP contribution in [0.25, 0.3) is 0 Å². The van der Waals surface area contributed by atoms with Gasteiger partial charge in [-0.25, -0.2) is 0 Å². The Kier molecular flexibility index (Phi) is 3.56. The van der Waals surface area contributed by atoms with Crippen LogP contribution in [0.15, 0.2) is 33.6 Å². The van der Waals surface area contributed by atoms with E-state index < -0.39 is 10.0 Å². The fourth-order valence-corrected chi connectivity index (χ4v) is 3.19. The quantitative estimate of drug-likeness (QED) is 0.823. The van der Waals surface area contributed by atoms with Crippen LogP contribution in [0.3, 0.4) is 0 Å². The number of nitrogen functional groups attached to an aromatic ring is 1. The van der Waals surface area contributed by atoms with Gasteiger partial charge in [0, 0.05) is 20.0 Å². The second-order valence-electron chi connectivity index (χ2n) is 4.40. The van der Waals surface area contributed by atoms with Crippen molar-refractivity contribution in [2.24, 2.45) is 4.40 Å². The number of rotatable bonds is 2. The van der Waals surface area contributed by atoms with Crippen molar-refractivity contribution in [2.75, 3.05) is 19.3 Å². The minimum absolute atomic E-state index is 0.0801. The summed E-state index contributed by atoms with van der Waals surface area (Å²) in [7, 11) is -1.84. The van der Waals surface area contributed by atoms with Crippen LogP contribution in [0.5, 0.6) is 0 Å². The number of nitrogens with zero attached hydrogens (tertiary/aromatic N) is 2. The van der Waals surface area contributed by atoms with E-state index in [4.69, 9.17) is 5.73 Å². The average molecular weight is 267 g/mol. The van der Waals surface area contributed by atoms with Gasteiger partial charge < -0.3 is 10.6 Å². The molecule has 0 aliphatic carbocycles. The number of para-hydroxylation sites is 1. The van der Waals surface area contributed by atoms with E-state index in [2.05, 4.69) is 4.40 Å². The summed E-state index contributed by atoms with van der Waals surface area (Å²) in [5.41, 5.74) is 5.92. The molecule has 1 aliphatic heterocycles. The SMILES string of the molecule is CN1CCCC/C1=N\S(=O)(=O)c1ccccc1N. The zero-order valence-corrected chi connectivity index (χ0v) is 11.2. The van der Waals surface area contributed by atoms with Crippen molar-refractivity contribution in [2.45, 2.75) is 24.2 Å². The number of hydrogen-bond donors (Lipinski definition) is 1. The molecule has 18 heavy (non-hydrogen) atoms. The Morgan fingerprint density at radius 3 is 2.67 bits per heavy atom. The third-order valence-electron chi connectivity index (χ3n) is 3.01. The Morgan fingerprint density at radius 2 is 2.00 bits per heavy atom. The fourth-order valence-electron chi connectivity index (χ4n) is 1.97. The van der Waals surface area contributed by atoms with Crippen molar-refractivity contribution in [3.63, 3.8) is 0 Å². The van der Waals surface area contributed by atoms with E-state index in [1.807, 2.05) is 11.9 Å². The van der Waals surface area contributed by atoms with Crippen molar-refractivity contribution in [1.29, 1.82) is 0 Å². The molecule has 1 aromatic rings. The van der Waals surface area contributed by atoms with Crippen LogP contribution in [-0.2, 0) is 10.0 Å². The van der Waals surface area contributed by atoms with Crippen LogP contribution in [0.1, 0.15) is 19.3 Å². The van der Waals surface area contributed by atoms with Gasteiger partial charge in [0.05, 0.1) is 5.69 Å². The van der Waals surface area contributed by atoms with Crippen molar-refractivity contribution in [1.82, 2.24) is 4.90 Å². The number of anilines is 1. The zero-order chi connectivity index (χ0) is 13.2. The van der Waals surface area contributed by atoms with Crippen LogP contribution >= 0.6 is 0 Å². The Balaban J connectivity index is 2.38. The third-order valence-corrected chi connectivity index (χ3v) is 4.39. The highest BCUT2D eigenvalue weighted by Crippen LogP contribution is 2.21. The minimum atomic E-state index is -3.70. The molecule has 0 saturated carbocycles. The predicted molar refractivity (Wildman–Crippen MR) is 72.0 cm³/mol. The lowest BCUT2D eigenvalue weighted by atomic mass is 10.1. The summed E-state index contributed by atoms with van der Waals surface area (Å²) in [6.07, 6.45) is 2.74. The van der Waals surface area contributed by atoms with Crippen molar-refractivity contribution in [3.8, 4) is 0 Å². The topological polar surface area (TPSA) is 75.8 Å². The van der Waals surface area contributed by atoms with Gasteiger partial charge >= 0.3 is 0 Å². The molecule has 2 rings (SSSR count). The molecule has 2 N–H and O–H groups in total. The van der Waals surface area contributed by atoms with E-state index in [0.29, 0.717) is 12.3 Å². The molecular formula is C12H17N3O2S. The molecule has 1 aliphatic rings. The summed E-state index contributed by atoms with van der Waals surface area (Å²) in [6, 6.07) is 6.40. The normalized spacial score (nSPS) is 19.2. The number of amidine groups is 1. The van der Waals surface area contributed by atoms with Gasteiger partial charge in [0.1, 0.15) is 10.7 Å². The van der Waals surface area contributed by atoms with Crippen molar-refractivity contribution < 1.29 is 8.42 Å². The number of piperidine rings is 1. The molecule has 1 saturated heterocycles. The molecule has 6 heteroatoms. The smallest absolute Gasteiger partial charge is 0.285 e. The monoisotopic (exact) mass is 267 g/mol. The maximum absolute atomic E-state index is 12.2. The number of sulfonamides is 1. The maximum Gasteiger partial charge on any atom is 0.285 e. The van der Waals surface area contributed by atoms with Gasteiger partial charge in [0.15, 0.2) is 0 Å². The molecule has 1 fully saturated rings. The van der Waals surface area contributed by atoms with Gasteiger partial charge in [-0.1, -0.05) is 12.1 Å². The van der Waals surface area contributed by atoms with Crippen LogP contribution in [-0.4, -0.2) is 32.7 Å². The first-order chi connectivity index (χ1) is 8.50. The molecule has 0 radical (unpaired) electrons. The molecule has 1 heterocycles. The first-order valence-corrected chi connectivity index (χ1v) is 7.34. The van der Waals surface area contributed by atoms with Gasteiger partial charge in [-0.15, -0.1) is 4.40 Å². The Morgan fingerprint density at radius 1 is 1.28 bits per heavy atom. The molecule has 98 valence electrons. The molecule has 0 unspecified atom stereocenters. The van der Waals surface area contributed by atoms with Gasteiger partial charge in [-0.3, -0.25) is 0 Å². The fraction of sp³-hybridized carbons (Fsp3) is 0.417. The first-order valence-electron chi connectivity index (χ1n) is 5.90. The first kappa shape index (κ1) is 12.9. The second-order valence-corrected chi connectivity index (χ2v) is 5.97. The highest BCUT2D eigenvalue weighted by molar-refractivity contribution is 7.90. The molecule has 0 amide bonds. The van der Waals surface area contributed by atoms with Crippen molar-refractivity contribution in [3.05, 3.63) is 24.3 Å². The molecule has 5 nitrogen and oxygen atoms in total. The summed E-state index contributed by atoms with van der Waals surface area (Å²) in [5, 5.41) is 0. The molecular weight excluding hydrogens is 250 g/mol. The molecule has 0 atom stereocenters. The third kappa shape index (κ3) is 2.64. The number of hydrogen-bond acceptors (Lipinski definition) is 3. The zero-order valence-electron chi connectivity index (χ0n) is 10.3. The van der Waals surface area contributed by atoms with Gasteiger partial charge in [0.25, 0.3) is 10.0 Å². The van der Waals surface area contributed by atoms with Crippen LogP contribution in [0.2, 0.25) is 0 Å². The lowest BCUT2D eigenvalue weighted by Crippen LogP contribution is -2.32. The maximum atomic E-state index is 12.2. The Bertz CT molecular complexity index is 566. The van der Waals surface area contributed by atoms with E-state index >= 15 is 0 Å². The van der Waals surface area contributed by atoms with E-state index in [-0.39, 0.29) is 10.6 Å². The van der Waals surface area contributed by atoms with Gasteiger partial charge in [-0.2, -0.15) is 8.42 Å². The summed E-state index contributed by atoms with van der Waals surface area (Å²) < 4.78 is 28.3. The van der Waals surface area contributed by atoms with E-state index in [1.165, 1.54) is 6.07 Å². The average Bonchev–Trinajstić information content (AvgIpc) is 2.32. The summed E-state index contributed by atoms with van der Waals surface area (Å²) in [5.74, 6) is 0.615. The van der Waals surface area contributed by atoms with Crippen LogP contribution < -0.4 is 5.73 Å². The van der Waals surface area contributed by atoms with Crippen LogP contribution in [0.4, 0.5) is 5.69 Å². The lowest BCUT2D eigenvalue weighted by Gasteiger charge is -2.25. The number of nitrogens with two attached hydrogens (primary N) is 1. The summed E-state index contributed by atoms with van der Waals surface area (Å²) in [4.78, 5) is 1.97. The molecule has 0 aromatic heterocycles. The van der Waals surface area contributed by atoms with E-state index in [9.17, 15) is 8.42 Å². The largest absolute Gasteiger partial charge is 0.398 e. The number of benzene rings is 1. The van der Waals surface area contributed by atoms with E-state index in [1.54, 1.807) is 18.2 Å². The Labute approximate surface area is 107 Å². The van der Waals surface area contributed by atoms with E-state index in [0.717, 1.165) is 19.4 Å². The molecule has 0 bridgehead atoms. The molecule has 0 spiro atoms.